The van der Waals surface area contributed by atoms with Crippen molar-refractivity contribution in [3.05, 3.63) is 88.2 Å². The maximum atomic E-state index is 12.2. The first-order chi connectivity index (χ1) is 46.2. The molecule has 0 spiro atoms. The number of aliphatic carboxylic acids is 2. The molecule has 4 aromatic rings. The molecule has 4 aromatic carbocycles. The zero-order valence-electron chi connectivity index (χ0n) is 55.6. The molecule has 1 saturated heterocycles. The molecule has 1 aliphatic rings. The predicted molar refractivity (Wildman–Crippen MR) is 444 cm³/mol. The lowest BCUT2D eigenvalue weighted by Gasteiger charge is -2.22. The topological polar surface area (TPSA) is 423 Å². The number of carboxylic acid groups (broad SMARTS) is 2. The number of carboxylic acids is 2. The average molecular weight is 2310 g/mol. The Labute approximate surface area is 689 Å². The van der Waals surface area contributed by atoms with Crippen LogP contribution in [0.1, 0.15) is 78.4 Å². The number of nitrogens with zero attached hydrogens (tertiary/aromatic N) is 2. The molecule has 15 N–H and O–H groups in total. The number of carbonyl (C=O) groups is 6. The number of carbonyl (C=O) groups excluding carboxylic acids is 4. The van der Waals surface area contributed by atoms with Crippen molar-refractivity contribution in [3.8, 4) is 34.5 Å². The van der Waals surface area contributed by atoms with E-state index < -0.39 is 59.6 Å². The Morgan fingerprint density at radius 2 is 0.990 bits per heavy atom. The van der Waals surface area contributed by atoms with E-state index >= 15 is 0 Å². The number of halogens is 9. The number of aromatic hydroxyl groups is 1. The molecule has 2 amide bonds. The Hall–Kier alpha value is -2.99. The maximum absolute atomic E-state index is 12.2. The second-order valence-corrected chi connectivity index (χ2v) is 32.5. The second-order valence-electron chi connectivity index (χ2n) is 22.9. The molecule has 0 aromatic heterocycles. The molecule has 0 saturated carbocycles. The van der Waals surface area contributed by atoms with Crippen LogP contribution in [0.25, 0.3) is 0 Å². The molecular formula is C62H83ClI8N10O18. The fourth-order valence-electron chi connectivity index (χ4n) is 7.70. The Morgan fingerprint density at radius 3 is 1.31 bits per heavy atom. The van der Waals surface area contributed by atoms with Crippen LogP contribution < -0.4 is 58.0 Å². The fraction of sp³-hybridized carbons (Fsp3) is 0.484. The van der Waals surface area contributed by atoms with Crippen LogP contribution >= 0.6 is 192 Å². The number of aliphatic imine (C=N–C) groups is 2. The third-order valence-corrected chi connectivity index (χ3v) is 20.0. The van der Waals surface area contributed by atoms with Gasteiger partial charge in [0.2, 0.25) is 0 Å². The van der Waals surface area contributed by atoms with Crippen molar-refractivity contribution < 1.29 is 87.1 Å². The van der Waals surface area contributed by atoms with E-state index in [0.717, 1.165) is 45.6 Å². The molecule has 1 aliphatic heterocycles. The monoisotopic (exact) mass is 2310 g/mol. The summed E-state index contributed by atoms with van der Waals surface area (Å²) in [5.41, 5.74) is 16.3. The van der Waals surface area contributed by atoms with Crippen LogP contribution in [0.15, 0.2) is 58.5 Å². The van der Waals surface area contributed by atoms with E-state index in [9.17, 15) is 49.2 Å². The Kier molecular flexibility index (Phi) is 43.5. The van der Waals surface area contributed by atoms with Crippen LogP contribution in [0.4, 0.5) is 9.59 Å². The van der Waals surface area contributed by atoms with E-state index in [2.05, 4.69) is 177 Å². The van der Waals surface area contributed by atoms with Crippen molar-refractivity contribution in [2.75, 3.05) is 67.0 Å². The summed E-state index contributed by atoms with van der Waals surface area (Å²) in [5, 5.41) is 53.2. The molecule has 552 valence electrons. The van der Waals surface area contributed by atoms with Gasteiger partial charge in [-0.15, -0.1) is 11.6 Å². The number of hydrogen-bond donors (Lipinski definition) is 12. The van der Waals surface area contributed by atoms with Gasteiger partial charge in [-0.25, -0.2) is 19.2 Å². The summed E-state index contributed by atoms with van der Waals surface area (Å²) < 4.78 is 48.5. The molecule has 99 heavy (non-hydrogen) atoms. The van der Waals surface area contributed by atoms with Gasteiger partial charge >= 0.3 is 36.1 Å². The molecule has 5 rings (SSSR count). The highest BCUT2D eigenvalue weighted by molar-refractivity contribution is 14.1. The minimum absolute atomic E-state index is 0.00998. The number of alkyl halides is 1. The van der Waals surface area contributed by atoms with Crippen molar-refractivity contribution in [2.45, 2.75) is 128 Å². The smallest absolute Gasteiger partial charge is 0.408 e. The molecule has 0 bridgehead atoms. The molecule has 1 fully saturated rings. The van der Waals surface area contributed by atoms with Gasteiger partial charge in [0.25, 0.3) is 0 Å². The molecule has 0 aliphatic carbocycles. The average Bonchev–Trinajstić information content (AvgIpc) is 1.38. The van der Waals surface area contributed by atoms with Crippen LogP contribution in [0, 0.1) is 28.6 Å². The largest absolute Gasteiger partial charge is 0.506 e. The van der Waals surface area contributed by atoms with Crippen molar-refractivity contribution >= 4 is 240 Å². The number of nitrogens with two attached hydrogens (primary N) is 3. The summed E-state index contributed by atoms with van der Waals surface area (Å²) >= 11 is 22.1. The van der Waals surface area contributed by atoms with E-state index in [0.29, 0.717) is 80.2 Å². The summed E-state index contributed by atoms with van der Waals surface area (Å²) in [7, 11) is 6.12. The van der Waals surface area contributed by atoms with Gasteiger partial charge < -0.3 is 102 Å². The first-order valence-electron chi connectivity index (χ1n) is 29.8. The van der Waals surface area contributed by atoms with Gasteiger partial charge in [0, 0.05) is 40.2 Å². The third kappa shape index (κ3) is 37.5. The maximum Gasteiger partial charge on any atom is 0.408 e. The summed E-state index contributed by atoms with van der Waals surface area (Å²) in [6.45, 7) is 12.2. The van der Waals surface area contributed by atoms with Gasteiger partial charge in [-0.2, -0.15) is 0 Å². The molecule has 6 unspecified atom stereocenters. The number of esters is 2. The van der Waals surface area contributed by atoms with Crippen LogP contribution in [0.3, 0.4) is 0 Å². The van der Waals surface area contributed by atoms with Crippen molar-refractivity contribution in [2.24, 2.45) is 27.2 Å². The van der Waals surface area contributed by atoms with E-state index in [1.807, 2.05) is 57.3 Å². The number of epoxide rings is 1. The number of ether oxygens (including phenoxy) is 8. The Balaban J connectivity index is 0.000000559. The lowest BCUT2D eigenvalue weighted by atomic mass is 10.1. The van der Waals surface area contributed by atoms with Crippen LogP contribution in [-0.4, -0.2) is 183 Å². The van der Waals surface area contributed by atoms with E-state index in [1.54, 1.807) is 92.0 Å². The van der Waals surface area contributed by atoms with Gasteiger partial charge in [-0.3, -0.25) is 19.6 Å². The number of phenols is 1. The number of benzene rings is 4. The molecule has 1 heterocycles. The summed E-state index contributed by atoms with van der Waals surface area (Å²) in [6, 6.07) is 11.3. The summed E-state index contributed by atoms with van der Waals surface area (Å²) in [6.07, 6.45) is 0.688. The standard InChI is InChI=1S/C31H41I4N5O9.C20H19I4NO6.C8H18N4O2.C3H5ClO/c1-31(2,3)49-30(45)40-25(27(42)43)13-19-20(32)9-17(10-21(19)33)48-18-11-22(34)26(23(35)12-18)47-15-16(41)14-39-29(36)38-8-6-7-24(37-4)28(44)46-5;1-20(2,3)31-19(29)25-16(18(27)28)8-11-12(21)4-9(5-13(11)22)30-10-6-14(23)17(26)15(24)7-10;1-11-6(7(13)14-2)4-3-5-12-8(9)10;4-1-3-2-5-3/h9-12,16,24-25,37,41H,6-8,13-15H2,1-5H3,(H,40,45)(H,42,43)(H3,36,38,39);4-7,16,26H,8H2,1-3H3,(H,25,29)(H,27,28);6,11H,3-5H2,1-2H3,(H4,9,10,12);3H,1-2H2. The molecule has 6 atom stereocenters. The number of hydrogen-bond acceptors (Lipinski definition) is 20. The highest BCUT2D eigenvalue weighted by Crippen LogP contribution is 2.37. The second kappa shape index (κ2) is 46.8. The van der Waals surface area contributed by atoms with Gasteiger partial charge in [0.15, 0.2) is 11.9 Å². The van der Waals surface area contributed by atoms with E-state index in [1.165, 1.54) is 14.2 Å². The lowest BCUT2D eigenvalue weighted by Crippen LogP contribution is -2.44. The van der Waals surface area contributed by atoms with E-state index in [4.69, 9.17) is 62.0 Å². The highest BCUT2D eigenvalue weighted by Gasteiger charge is 2.29. The van der Waals surface area contributed by atoms with Gasteiger partial charge in [0.1, 0.15) is 82.6 Å². The fourth-order valence-corrected chi connectivity index (χ4v) is 15.9. The molecule has 0 radical (unpaired) electrons. The van der Waals surface area contributed by atoms with Gasteiger partial charge in [0.05, 0.1) is 53.6 Å². The number of alkyl carbamates (subject to hydrolysis) is 2. The van der Waals surface area contributed by atoms with Crippen LogP contribution in [-0.2, 0) is 55.7 Å². The SMILES string of the molecule is CC(C)(C)OC(=O)NC(Cc1c(I)cc(Oc2cc(I)c(O)c(I)c2)cc1I)C(=O)O.CNC(CCCN=C(N)N)C(=O)OC.CNC(CCCNC(N)=NCC(O)COc1c(I)cc(Oc2cc(I)c(CC(NC(=O)OC(C)(C)C)C(=O)O)c(I)c2)cc1I)C(=O)OC.ClCC1CO1. The zero-order valence-corrected chi connectivity index (χ0v) is 73.6. The number of phenolic OH excluding ortho intramolecular Hbond substituents is 1. The lowest BCUT2D eigenvalue weighted by molar-refractivity contribution is -0.144. The number of rotatable bonds is 30. The minimum atomic E-state index is -1.18. The molecule has 28 nitrogen and oxygen atoms in total. The number of guanidine groups is 2. The minimum Gasteiger partial charge on any atom is -0.506 e. The third-order valence-electron chi connectivity index (χ3n) is 12.5. The summed E-state index contributed by atoms with van der Waals surface area (Å²) in [4.78, 5) is 78.6. The zero-order chi connectivity index (χ0) is 75.1. The number of nitrogens with one attached hydrogen (secondary N) is 5. The number of amides is 2. The normalized spacial score (nSPS) is 13.9. The van der Waals surface area contributed by atoms with Crippen LogP contribution in [0.5, 0.6) is 34.5 Å². The quantitative estimate of drug-likeness (QED) is 0.00337. The number of aliphatic hydroxyl groups excluding tert-OH is 1. The van der Waals surface area contributed by atoms with Gasteiger partial charge in [-0.05, 0) is 322 Å². The number of aliphatic hydroxyl groups is 1. The highest BCUT2D eigenvalue weighted by atomic mass is 127. The molecule has 37 heteroatoms. The first kappa shape index (κ1) is 92.1. The van der Waals surface area contributed by atoms with Crippen molar-refractivity contribution in [1.29, 1.82) is 0 Å². The van der Waals surface area contributed by atoms with Gasteiger partial charge in [-0.1, -0.05) is 0 Å². The summed E-state index contributed by atoms with van der Waals surface area (Å²) in [5.74, 6) is 1.09. The van der Waals surface area contributed by atoms with Crippen LogP contribution in [0.2, 0.25) is 0 Å². The van der Waals surface area contributed by atoms with E-state index in [-0.39, 0.29) is 61.6 Å². The Morgan fingerprint density at radius 1 is 0.616 bits per heavy atom. The molecular weight excluding hydrogens is 2220 g/mol. The van der Waals surface area contributed by atoms with Crippen molar-refractivity contribution in [1.82, 2.24) is 26.6 Å². The Bertz CT molecular complexity index is 3310. The first-order valence-corrected chi connectivity index (χ1v) is 38.9. The predicted octanol–water partition coefficient (Wildman–Crippen LogP) is 10.2. The van der Waals surface area contributed by atoms with Crippen molar-refractivity contribution in [3.63, 3.8) is 0 Å². The number of methoxy groups -OCH3 is 2. The number of likely N-dealkylation sites (N-methyl/N-ethyl adjacent to an activating group) is 2.